The topological polar surface area (TPSA) is 171 Å². The summed E-state index contributed by atoms with van der Waals surface area (Å²) in [6.07, 6.45) is 8.21. The van der Waals surface area contributed by atoms with Crippen LogP contribution in [0.2, 0.25) is 0 Å². The molecule has 3 aliphatic carbocycles. The molecule has 6 amide bonds. The van der Waals surface area contributed by atoms with Crippen molar-refractivity contribution in [1.82, 2.24) is 25.8 Å². The summed E-state index contributed by atoms with van der Waals surface area (Å²) in [6.45, 7) is 21.7. The molecule has 12 heteroatoms. The smallest absolute Gasteiger partial charge is 0.315 e. The molecular weight excluding hydrogens is 660 g/mol. The van der Waals surface area contributed by atoms with Gasteiger partial charge in [0.25, 0.3) is 5.91 Å². The highest BCUT2D eigenvalue weighted by molar-refractivity contribution is 6.37. The van der Waals surface area contributed by atoms with Gasteiger partial charge in [-0.3, -0.25) is 24.0 Å². The zero-order valence-electron chi connectivity index (χ0n) is 33.5. The van der Waals surface area contributed by atoms with E-state index in [1.54, 1.807) is 4.90 Å². The van der Waals surface area contributed by atoms with Crippen molar-refractivity contribution in [3.63, 3.8) is 0 Å². The van der Waals surface area contributed by atoms with E-state index >= 15 is 0 Å². The second kappa shape index (κ2) is 13.6. The van der Waals surface area contributed by atoms with Gasteiger partial charge in [-0.15, -0.1) is 0 Å². The van der Waals surface area contributed by atoms with Crippen LogP contribution in [-0.4, -0.2) is 89.0 Å². The summed E-state index contributed by atoms with van der Waals surface area (Å²) >= 11 is 0. The second-order valence-corrected chi connectivity index (χ2v) is 20.4. The second-order valence-electron chi connectivity index (χ2n) is 20.4. The number of primary amides is 1. The zero-order valence-corrected chi connectivity index (χ0v) is 33.5. The van der Waals surface area contributed by atoms with Gasteiger partial charge in [0.05, 0.1) is 12.1 Å². The minimum atomic E-state index is -1.08. The van der Waals surface area contributed by atoms with Crippen molar-refractivity contribution in [2.24, 2.45) is 44.1 Å². The van der Waals surface area contributed by atoms with E-state index in [1.165, 1.54) is 0 Å². The molecule has 0 aromatic heterocycles. The number of carbonyl (C=O) groups excluding carboxylic acids is 6. The van der Waals surface area contributed by atoms with Crippen LogP contribution < -0.4 is 21.7 Å². The van der Waals surface area contributed by atoms with Crippen molar-refractivity contribution in [2.45, 2.75) is 158 Å². The van der Waals surface area contributed by atoms with E-state index in [-0.39, 0.29) is 50.8 Å². The van der Waals surface area contributed by atoms with E-state index in [2.05, 4.69) is 43.6 Å². The highest BCUT2D eigenvalue weighted by Crippen LogP contribution is 2.88. The zero-order chi connectivity index (χ0) is 38.8. The fraction of sp³-hybridized carbons (Fsp3) is 0.850. The molecule has 292 valence electrons. The number of rotatable bonds is 11. The van der Waals surface area contributed by atoms with E-state index in [0.29, 0.717) is 38.9 Å². The molecule has 5 aliphatic rings. The molecular formula is C40H66N6O6. The van der Waals surface area contributed by atoms with Gasteiger partial charge < -0.3 is 31.5 Å². The quantitative estimate of drug-likeness (QED) is 0.232. The summed E-state index contributed by atoms with van der Waals surface area (Å²) in [4.78, 5) is 84.5. The van der Waals surface area contributed by atoms with Crippen molar-refractivity contribution in [1.29, 1.82) is 0 Å². The summed E-state index contributed by atoms with van der Waals surface area (Å²) < 4.78 is 0. The number of nitrogens with one attached hydrogen (secondary N) is 3. The molecule has 0 aromatic carbocycles. The third kappa shape index (κ3) is 7.20. The monoisotopic (exact) mass is 727 g/mol. The summed E-state index contributed by atoms with van der Waals surface area (Å²) in [5, 5.41) is 8.98. The molecule has 3 saturated carbocycles. The van der Waals surface area contributed by atoms with Gasteiger partial charge in [-0.2, -0.15) is 0 Å². The lowest BCUT2D eigenvalue weighted by atomic mass is 9.73. The molecule has 2 aliphatic heterocycles. The molecule has 1 unspecified atom stereocenters. The van der Waals surface area contributed by atoms with Gasteiger partial charge in [-0.1, -0.05) is 94.9 Å². The Bertz CT molecular complexity index is 1470. The van der Waals surface area contributed by atoms with Crippen LogP contribution in [0.4, 0.5) is 4.79 Å². The number of hydrogen-bond acceptors (Lipinski definition) is 6. The van der Waals surface area contributed by atoms with Crippen molar-refractivity contribution < 1.29 is 28.8 Å². The molecule has 0 bridgehead atoms. The molecule has 5 fully saturated rings. The molecule has 0 aromatic rings. The van der Waals surface area contributed by atoms with Crippen LogP contribution in [0.25, 0.3) is 0 Å². The summed E-state index contributed by atoms with van der Waals surface area (Å²) in [5.41, 5.74) is 3.92. The van der Waals surface area contributed by atoms with E-state index in [9.17, 15) is 28.8 Å². The number of piperidine rings is 1. The third-order valence-electron chi connectivity index (χ3n) is 14.3. The minimum absolute atomic E-state index is 0.0327. The largest absolute Gasteiger partial charge is 0.363 e. The van der Waals surface area contributed by atoms with Gasteiger partial charge in [-0.25, -0.2) is 4.79 Å². The lowest BCUT2D eigenvalue weighted by molar-refractivity contribution is -0.143. The summed E-state index contributed by atoms with van der Waals surface area (Å²) in [7, 11) is 0. The first-order valence-electron chi connectivity index (χ1n) is 19.7. The number of carbonyl (C=O) groups is 6. The molecule has 5 N–H and O–H groups in total. The maximum Gasteiger partial charge on any atom is 0.315 e. The number of ketones is 1. The Morgan fingerprint density at radius 2 is 1.50 bits per heavy atom. The van der Waals surface area contributed by atoms with Gasteiger partial charge in [0, 0.05) is 31.5 Å². The first-order chi connectivity index (χ1) is 23.9. The van der Waals surface area contributed by atoms with Crippen LogP contribution in [0.5, 0.6) is 0 Å². The van der Waals surface area contributed by atoms with Gasteiger partial charge in [0.15, 0.2) is 0 Å². The number of likely N-dealkylation sites (tertiary alicyclic amines) is 2. The highest BCUT2D eigenvalue weighted by atomic mass is 16.2. The van der Waals surface area contributed by atoms with E-state index in [1.807, 2.05) is 46.4 Å². The molecule has 5 rings (SSSR count). The van der Waals surface area contributed by atoms with E-state index in [4.69, 9.17) is 5.73 Å². The van der Waals surface area contributed by atoms with Crippen LogP contribution in [0.3, 0.4) is 0 Å². The van der Waals surface area contributed by atoms with Crippen LogP contribution >= 0.6 is 0 Å². The summed E-state index contributed by atoms with van der Waals surface area (Å²) in [5.74, 6) is -2.41. The average Bonchev–Trinajstić information content (AvgIpc) is 3.19. The van der Waals surface area contributed by atoms with Crippen molar-refractivity contribution >= 4 is 35.4 Å². The first kappa shape index (κ1) is 40.0. The van der Waals surface area contributed by atoms with Crippen LogP contribution in [0.15, 0.2) is 0 Å². The van der Waals surface area contributed by atoms with Crippen molar-refractivity contribution in [3.8, 4) is 0 Å². The lowest BCUT2D eigenvalue weighted by Crippen LogP contribution is -2.62. The predicted molar refractivity (Wildman–Crippen MR) is 198 cm³/mol. The summed E-state index contributed by atoms with van der Waals surface area (Å²) in [6, 6.07) is -3.79. The predicted octanol–water partition coefficient (Wildman–Crippen LogP) is 4.29. The molecule has 2 heterocycles. The Labute approximate surface area is 310 Å². The first-order valence-corrected chi connectivity index (χ1v) is 19.7. The number of nitrogens with two attached hydrogens (primary N) is 1. The fourth-order valence-corrected chi connectivity index (χ4v) is 10.1. The number of Topliss-reactive ketones (excluding diaryl/α,β-unsaturated/α-hetero) is 1. The van der Waals surface area contributed by atoms with Gasteiger partial charge in [-0.05, 0) is 65.1 Å². The minimum Gasteiger partial charge on any atom is -0.363 e. The van der Waals surface area contributed by atoms with Crippen LogP contribution in [0, 0.1) is 38.4 Å². The van der Waals surface area contributed by atoms with Gasteiger partial charge in [0.2, 0.25) is 23.5 Å². The van der Waals surface area contributed by atoms with E-state index < -0.39 is 47.2 Å². The number of urea groups is 1. The fourth-order valence-electron chi connectivity index (χ4n) is 10.1. The molecule has 12 nitrogen and oxygen atoms in total. The van der Waals surface area contributed by atoms with Crippen LogP contribution in [-0.2, 0) is 24.0 Å². The lowest BCUT2D eigenvalue weighted by Gasteiger charge is -2.41. The average molecular weight is 727 g/mol. The molecule has 5 atom stereocenters. The Kier molecular flexibility index (Phi) is 10.5. The molecule has 2 saturated heterocycles. The molecule has 52 heavy (non-hydrogen) atoms. The van der Waals surface area contributed by atoms with Gasteiger partial charge >= 0.3 is 6.03 Å². The highest BCUT2D eigenvalue weighted by Gasteiger charge is 2.85. The van der Waals surface area contributed by atoms with Crippen LogP contribution in [0.1, 0.15) is 133 Å². The Balaban J connectivity index is 1.37. The van der Waals surface area contributed by atoms with Gasteiger partial charge in [0.1, 0.15) is 12.1 Å². The van der Waals surface area contributed by atoms with E-state index in [0.717, 1.165) is 44.9 Å². The Hall–Kier alpha value is -3.18. The normalized spacial score (nSPS) is 28.0. The number of nitrogens with zero attached hydrogens (tertiary/aromatic N) is 2. The maximum atomic E-state index is 14.9. The Morgan fingerprint density at radius 1 is 0.865 bits per heavy atom. The van der Waals surface area contributed by atoms with Crippen molar-refractivity contribution in [3.05, 3.63) is 0 Å². The number of hydrogen-bond donors (Lipinski definition) is 4. The van der Waals surface area contributed by atoms with Crippen molar-refractivity contribution in [2.75, 3.05) is 19.6 Å². The third-order valence-corrected chi connectivity index (χ3v) is 14.3. The SMILES string of the molecule is CC1(C)CCN(C[C@@H](NC(=O)N[C@H](C(=O)N2C[C@@]3(C[C@H]2C(=O)NC(CC2CCC2)C(=O)C(N)=O)C(C)(C)C32CCC2)C(C)(C)C)C(C)(C)C)C(=O)C1. The number of amides is 6. The number of fused-ring (bicyclic) bond motifs is 1. The standard InChI is InChI=1S/C40H66N6O6/c1-35(2,3)27(22-45-18-17-37(7,8)21-28(45)47)43-34(52)44-30(36(4,5)6)33(51)46-23-40(38(9,10)39(40)15-12-16-39)20-26(46)32(50)42-25(29(48)31(41)49)19-24-13-11-14-24/h24-27,30H,11-23H2,1-10H3,(H2,41,49)(H,42,50)(H2,43,44,52)/t25?,26-,27+,30+,40-/m0/s1. The maximum absolute atomic E-state index is 14.9. The molecule has 2 spiro atoms. The molecule has 0 radical (unpaired) electrons. The Morgan fingerprint density at radius 3 is 1.96 bits per heavy atom.